The van der Waals surface area contributed by atoms with Gasteiger partial charge in [-0.2, -0.15) is 0 Å². The van der Waals surface area contributed by atoms with Crippen LogP contribution in [0, 0.1) is 0 Å². The minimum Gasteiger partial charge on any atom is -0.494 e. The second-order valence-corrected chi connectivity index (χ2v) is 5.27. The lowest BCUT2D eigenvalue weighted by Crippen LogP contribution is -2.36. The summed E-state index contributed by atoms with van der Waals surface area (Å²) in [7, 11) is 0. The van der Waals surface area contributed by atoms with Crippen LogP contribution in [0.1, 0.15) is 37.6 Å². The SMILES string of the molecule is CC(C)(C)NCCCOc1ccc(C(N)=O)cc1. The molecule has 100 valence electrons. The summed E-state index contributed by atoms with van der Waals surface area (Å²) < 4.78 is 5.56. The first-order valence-corrected chi connectivity index (χ1v) is 6.16. The molecule has 4 nitrogen and oxygen atoms in total. The highest BCUT2D eigenvalue weighted by molar-refractivity contribution is 5.92. The van der Waals surface area contributed by atoms with Gasteiger partial charge >= 0.3 is 0 Å². The third-order valence-electron chi connectivity index (χ3n) is 2.38. The summed E-state index contributed by atoms with van der Waals surface area (Å²) in [5, 5.41) is 3.39. The maximum Gasteiger partial charge on any atom is 0.248 e. The highest BCUT2D eigenvalue weighted by Crippen LogP contribution is 2.12. The van der Waals surface area contributed by atoms with Crippen molar-refractivity contribution < 1.29 is 9.53 Å². The summed E-state index contributed by atoms with van der Waals surface area (Å²) >= 11 is 0. The van der Waals surface area contributed by atoms with E-state index < -0.39 is 5.91 Å². The number of amides is 1. The van der Waals surface area contributed by atoms with Gasteiger partial charge in [-0.1, -0.05) is 0 Å². The fourth-order valence-electron chi connectivity index (χ4n) is 1.44. The van der Waals surface area contributed by atoms with Gasteiger partial charge in [-0.05, 0) is 58.0 Å². The van der Waals surface area contributed by atoms with Crippen LogP contribution in [0.3, 0.4) is 0 Å². The molecule has 0 bridgehead atoms. The van der Waals surface area contributed by atoms with Crippen molar-refractivity contribution in [1.29, 1.82) is 0 Å². The Morgan fingerprint density at radius 2 is 1.89 bits per heavy atom. The predicted molar refractivity (Wildman–Crippen MR) is 72.8 cm³/mol. The highest BCUT2D eigenvalue weighted by Gasteiger charge is 2.07. The lowest BCUT2D eigenvalue weighted by atomic mass is 10.1. The fraction of sp³-hybridized carbons (Fsp3) is 0.500. The molecule has 0 saturated carbocycles. The van der Waals surface area contributed by atoms with E-state index in [0.717, 1.165) is 18.7 Å². The van der Waals surface area contributed by atoms with E-state index in [1.807, 2.05) is 0 Å². The highest BCUT2D eigenvalue weighted by atomic mass is 16.5. The second kappa shape index (κ2) is 6.40. The molecule has 1 aromatic rings. The zero-order valence-electron chi connectivity index (χ0n) is 11.3. The summed E-state index contributed by atoms with van der Waals surface area (Å²) in [4.78, 5) is 10.9. The smallest absolute Gasteiger partial charge is 0.248 e. The molecule has 1 rings (SSSR count). The van der Waals surface area contributed by atoms with Crippen molar-refractivity contribution in [3.63, 3.8) is 0 Å². The van der Waals surface area contributed by atoms with E-state index in [1.165, 1.54) is 0 Å². The van der Waals surface area contributed by atoms with E-state index >= 15 is 0 Å². The molecule has 4 heteroatoms. The van der Waals surface area contributed by atoms with Crippen molar-refractivity contribution >= 4 is 5.91 Å². The van der Waals surface area contributed by atoms with Crippen LogP contribution in [0.5, 0.6) is 5.75 Å². The van der Waals surface area contributed by atoms with E-state index in [2.05, 4.69) is 26.1 Å². The summed E-state index contributed by atoms with van der Waals surface area (Å²) in [6, 6.07) is 6.87. The van der Waals surface area contributed by atoms with Gasteiger partial charge in [0, 0.05) is 11.1 Å². The molecular weight excluding hydrogens is 228 g/mol. The zero-order valence-corrected chi connectivity index (χ0v) is 11.3. The normalized spacial score (nSPS) is 11.3. The lowest BCUT2D eigenvalue weighted by molar-refractivity contribution is 0.100. The maximum absolute atomic E-state index is 10.9. The van der Waals surface area contributed by atoms with Crippen molar-refractivity contribution in [3.8, 4) is 5.75 Å². The maximum atomic E-state index is 10.9. The molecular formula is C14H22N2O2. The van der Waals surface area contributed by atoms with Crippen LogP contribution < -0.4 is 15.8 Å². The molecule has 0 spiro atoms. The molecule has 0 aromatic heterocycles. The third kappa shape index (κ3) is 5.68. The Balaban J connectivity index is 2.25. The van der Waals surface area contributed by atoms with Gasteiger partial charge in [-0.15, -0.1) is 0 Å². The monoisotopic (exact) mass is 250 g/mol. The largest absolute Gasteiger partial charge is 0.494 e. The molecule has 0 unspecified atom stereocenters. The zero-order chi connectivity index (χ0) is 13.6. The van der Waals surface area contributed by atoms with Crippen LogP contribution in [-0.4, -0.2) is 24.6 Å². The van der Waals surface area contributed by atoms with Crippen molar-refractivity contribution in [1.82, 2.24) is 5.32 Å². The minimum absolute atomic E-state index is 0.142. The lowest BCUT2D eigenvalue weighted by Gasteiger charge is -2.20. The summed E-state index contributed by atoms with van der Waals surface area (Å²) in [5.74, 6) is 0.340. The number of hydrogen-bond donors (Lipinski definition) is 2. The molecule has 1 amide bonds. The molecule has 0 radical (unpaired) electrons. The van der Waals surface area contributed by atoms with Gasteiger partial charge in [-0.3, -0.25) is 4.79 Å². The second-order valence-electron chi connectivity index (χ2n) is 5.27. The molecule has 0 saturated heterocycles. The number of benzene rings is 1. The number of carbonyl (C=O) groups excluding carboxylic acids is 1. The third-order valence-corrected chi connectivity index (χ3v) is 2.38. The van der Waals surface area contributed by atoms with Gasteiger partial charge in [0.05, 0.1) is 6.61 Å². The standard InChI is InChI=1S/C14H22N2O2/c1-14(2,3)16-9-4-10-18-12-7-5-11(6-8-12)13(15)17/h5-8,16H,4,9-10H2,1-3H3,(H2,15,17). The molecule has 0 aliphatic heterocycles. The quantitative estimate of drug-likeness (QED) is 0.758. The van der Waals surface area contributed by atoms with Crippen LogP contribution in [0.2, 0.25) is 0 Å². The topological polar surface area (TPSA) is 64.3 Å². The average molecular weight is 250 g/mol. The van der Waals surface area contributed by atoms with Crippen molar-refractivity contribution in [2.45, 2.75) is 32.7 Å². The van der Waals surface area contributed by atoms with E-state index in [1.54, 1.807) is 24.3 Å². The van der Waals surface area contributed by atoms with Crippen molar-refractivity contribution in [3.05, 3.63) is 29.8 Å². The van der Waals surface area contributed by atoms with E-state index in [9.17, 15) is 4.79 Å². The van der Waals surface area contributed by atoms with Crippen LogP contribution in [0.25, 0.3) is 0 Å². The number of ether oxygens (including phenoxy) is 1. The first-order chi connectivity index (χ1) is 8.38. The Kier molecular flexibility index (Phi) is 5.16. The summed E-state index contributed by atoms with van der Waals surface area (Å²) in [6.45, 7) is 7.98. The van der Waals surface area contributed by atoms with Crippen LogP contribution in [0.4, 0.5) is 0 Å². The van der Waals surface area contributed by atoms with Crippen molar-refractivity contribution in [2.75, 3.05) is 13.2 Å². The Morgan fingerprint density at radius 1 is 1.28 bits per heavy atom. The Labute approximate surface area is 109 Å². The first-order valence-electron chi connectivity index (χ1n) is 6.16. The van der Waals surface area contributed by atoms with Gasteiger partial charge in [0.1, 0.15) is 5.75 Å². The molecule has 0 aliphatic carbocycles. The molecule has 0 atom stereocenters. The Hall–Kier alpha value is -1.55. The minimum atomic E-state index is -0.420. The molecule has 0 aliphatic rings. The number of carbonyl (C=O) groups is 1. The van der Waals surface area contributed by atoms with Crippen LogP contribution >= 0.6 is 0 Å². The van der Waals surface area contributed by atoms with Crippen LogP contribution in [-0.2, 0) is 0 Å². The number of nitrogens with one attached hydrogen (secondary N) is 1. The summed E-state index contributed by atoms with van der Waals surface area (Å²) in [5.41, 5.74) is 5.80. The number of nitrogens with two attached hydrogens (primary N) is 1. The van der Waals surface area contributed by atoms with Gasteiger partial charge in [0.25, 0.3) is 0 Å². The Bertz CT molecular complexity index is 380. The first kappa shape index (κ1) is 14.5. The molecule has 0 fully saturated rings. The van der Waals surface area contributed by atoms with Gasteiger partial charge in [0.2, 0.25) is 5.91 Å². The molecule has 3 N–H and O–H groups in total. The van der Waals surface area contributed by atoms with Gasteiger partial charge < -0.3 is 15.8 Å². The number of primary amides is 1. The Morgan fingerprint density at radius 3 is 2.39 bits per heavy atom. The fourth-order valence-corrected chi connectivity index (χ4v) is 1.44. The predicted octanol–water partition coefficient (Wildman–Crippen LogP) is 1.94. The molecule has 1 aromatic carbocycles. The summed E-state index contributed by atoms with van der Waals surface area (Å²) in [6.07, 6.45) is 0.939. The average Bonchev–Trinajstić information content (AvgIpc) is 2.27. The van der Waals surface area contributed by atoms with Gasteiger partial charge in [-0.25, -0.2) is 0 Å². The number of rotatable bonds is 6. The molecule has 18 heavy (non-hydrogen) atoms. The van der Waals surface area contributed by atoms with E-state index in [4.69, 9.17) is 10.5 Å². The van der Waals surface area contributed by atoms with E-state index in [-0.39, 0.29) is 5.54 Å². The van der Waals surface area contributed by atoms with Crippen molar-refractivity contribution in [2.24, 2.45) is 5.73 Å². The molecule has 0 heterocycles. The van der Waals surface area contributed by atoms with E-state index in [0.29, 0.717) is 12.2 Å². The van der Waals surface area contributed by atoms with Crippen LogP contribution in [0.15, 0.2) is 24.3 Å². The number of hydrogen-bond acceptors (Lipinski definition) is 3. The van der Waals surface area contributed by atoms with Gasteiger partial charge in [0.15, 0.2) is 0 Å².